The highest BCUT2D eigenvalue weighted by Crippen LogP contribution is 2.51. The Kier molecular flexibility index (Phi) is 4.17. The van der Waals surface area contributed by atoms with E-state index in [1.165, 1.54) is 24.0 Å². The van der Waals surface area contributed by atoms with E-state index in [0.717, 1.165) is 17.9 Å². The summed E-state index contributed by atoms with van der Waals surface area (Å²) >= 11 is 1.95. The summed E-state index contributed by atoms with van der Waals surface area (Å²) in [7, 11) is 0. The summed E-state index contributed by atoms with van der Waals surface area (Å²) in [6, 6.07) is 8.50. The van der Waals surface area contributed by atoms with Gasteiger partial charge in [-0.1, -0.05) is 29.4 Å². The second-order valence-corrected chi connectivity index (χ2v) is 6.17. The minimum Gasteiger partial charge on any atom is -0.409 e. The first kappa shape index (κ1) is 13.3. The standard InChI is InChI=1S/C14H20N2OS/c1-11-4-2-3-5-12(11)9-18-10-14(6-7-14)8-13(15)16-17/h2-5,17H,6-10H2,1H3,(H2,15,16). The molecule has 0 saturated heterocycles. The summed E-state index contributed by atoms with van der Waals surface area (Å²) < 4.78 is 0. The smallest absolute Gasteiger partial charge is 0.139 e. The lowest BCUT2D eigenvalue weighted by molar-refractivity contribution is 0.315. The summed E-state index contributed by atoms with van der Waals surface area (Å²) in [5, 5.41) is 11.7. The highest BCUT2D eigenvalue weighted by molar-refractivity contribution is 7.98. The van der Waals surface area contributed by atoms with Crippen LogP contribution in [0.25, 0.3) is 0 Å². The Hall–Kier alpha value is -1.16. The lowest BCUT2D eigenvalue weighted by Crippen LogP contribution is -2.19. The number of thioether (sulfide) groups is 1. The molecule has 0 bridgehead atoms. The van der Waals surface area contributed by atoms with Crippen LogP contribution in [0.2, 0.25) is 0 Å². The first-order valence-corrected chi connectivity index (χ1v) is 7.39. The van der Waals surface area contributed by atoms with E-state index < -0.39 is 0 Å². The van der Waals surface area contributed by atoms with Crippen molar-refractivity contribution in [2.75, 3.05) is 5.75 Å². The molecule has 18 heavy (non-hydrogen) atoms. The number of oxime groups is 1. The molecule has 1 aromatic carbocycles. The Morgan fingerprint density at radius 2 is 2.17 bits per heavy atom. The van der Waals surface area contributed by atoms with Gasteiger partial charge in [0.05, 0.1) is 0 Å². The molecule has 1 aliphatic carbocycles. The second kappa shape index (κ2) is 5.65. The molecule has 98 valence electrons. The van der Waals surface area contributed by atoms with E-state index in [-0.39, 0.29) is 0 Å². The van der Waals surface area contributed by atoms with Crippen LogP contribution in [0.15, 0.2) is 29.4 Å². The van der Waals surface area contributed by atoms with Gasteiger partial charge in [-0.2, -0.15) is 11.8 Å². The third kappa shape index (κ3) is 3.42. The maximum Gasteiger partial charge on any atom is 0.139 e. The average Bonchev–Trinajstić information content (AvgIpc) is 3.11. The van der Waals surface area contributed by atoms with E-state index in [9.17, 15) is 0 Å². The number of hydrogen-bond donors (Lipinski definition) is 2. The van der Waals surface area contributed by atoms with E-state index in [1.807, 2.05) is 11.8 Å². The highest BCUT2D eigenvalue weighted by Gasteiger charge is 2.42. The molecule has 0 atom stereocenters. The molecule has 0 amide bonds. The summed E-state index contributed by atoms with van der Waals surface area (Å²) in [6.45, 7) is 2.15. The summed E-state index contributed by atoms with van der Waals surface area (Å²) in [5.74, 6) is 2.51. The number of aryl methyl sites for hydroxylation is 1. The van der Waals surface area contributed by atoms with Crippen LogP contribution >= 0.6 is 11.8 Å². The third-order valence-corrected chi connectivity index (χ3v) is 4.90. The Labute approximate surface area is 112 Å². The van der Waals surface area contributed by atoms with Gasteiger partial charge in [-0.15, -0.1) is 0 Å². The van der Waals surface area contributed by atoms with E-state index in [4.69, 9.17) is 10.9 Å². The largest absolute Gasteiger partial charge is 0.409 e. The van der Waals surface area contributed by atoms with Crippen LogP contribution < -0.4 is 5.73 Å². The van der Waals surface area contributed by atoms with Crippen molar-refractivity contribution in [1.82, 2.24) is 0 Å². The molecule has 0 unspecified atom stereocenters. The molecule has 4 heteroatoms. The van der Waals surface area contributed by atoms with Crippen LogP contribution in [0.3, 0.4) is 0 Å². The quantitative estimate of drug-likeness (QED) is 0.359. The molecule has 0 heterocycles. The average molecular weight is 264 g/mol. The molecular formula is C14H20N2OS. The van der Waals surface area contributed by atoms with Gasteiger partial charge in [-0.3, -0.25) is 0 Å². The number of nitrogens with two attached hydrogens (primary N) is 1. The number of hydrogen-bond acceptors (Lipinski definition) is 3. The van der Waals surface area contributed by atoms with Gasteiger partial charge in [0.1, 0.15) is 5.84 Å². The molecule has 1 aliphatic rings. The SMILES string of the molecule is Cc1ccccc1CSCC1(CC(N)=NO)CC1. The molecule has 0 aromatic heterocycles. The fourth-order valence-electron chi connectivity index (χ4n) is 2.12. The Morgan fingerprint density at radius 1 is 1.44 bits per heavy atom. The van der Waals surface area contributed by atoms with E-state index >= 15 is 0 Å². The maximum absolute atomic E-state index is 8.62. The van der Waals surface area contributed by atoms with Gasteiger partial charge in [-0.25, -0.2) is 0 Å². The van der Waals surface area contributed by atoms with Crippen molar-refractivity contribution >= 4 is 17.6 Å². The zero-order chi connectivity index (χ0) is 13.0. The first-order valence-electron chi connectivity index (χ1n) is 6.24. The Bertz CT molecular complexity index is 441. The lowest BCUT2D eigenvalue weighted by atomic mass is 10.1. The van der Waals surface area contributed by atoms with Crippen molar-refractivity contribution in [3.05, 3.63) is 35.4 Å². The van der Waals surface area contributed by atoms with Gasteiger partial charge < -0.3 is 10.9 Å². The second-order valence-electron chi connectivity index (χ2n) is 5.19. The zero-order valence-corrected chi connectivity index (χ0v) is 11.5. The summed E-state index contributed by atoms with van der Waals surface area (Å²) in [6.07, 6.45) is 3.12. The van der Waals surface area contributed by atoms with Crippen LogP contribution in [-0.2, 0) is 5.75 Å². The van der Waals surface area contributed by atoms with Crippen molar-refractivity contribution in [3.63, 3.8) is 0 Å². The molecule has 3 N–H and O–H groups in total. The minimum absolute atomic E-state index is 0.295. The molecular weight excluding hydrogens is 244 g/mol. The zero-order valence-electron chi connectivity index (χ0n) is 10.7. The van der Waals surface area contributed by atoms with Crippen molar-refractivity contribution in [1.29, 1.82) is 0 Å². The van der Waals surface area contributed by atoms with Gasteiger partial charge in [0.25, 0.3) is 0 Å². The molecule has 3 nitrogen and oxygen atoms in total. The maximum atomic E-state index is 8.62. The monoisotopic (exact) mass is 264 g/mol. The van der Waals surface area contributed by atoms with E-state index in [2.05, 4.69) is 36.3 Å². The summed E-state index contributed by atoms with van der Waals surface area (Å²) in [5.41, 5.74) is 8.65. The molecule has 1 fully saturated rings. The Morgan fingerprint density at radius 3 is 2.78 bits per heavy atom. The molecule has 2 rings (SSSR count). The molecule has 0 spiro atoms. The molecule has 1 aromatic rings. The van der Waals surface area contributed by atoms with Crippen molar-refractivity contribution < 1.29 is 5.21 Å². The lowest BCUT2D eigenvalue weighted by Gasteiger charge is -2.14. The number of nitrogens with zero attached hydrogens (tertiary/aromatic N) is 1. The van der Waals surface area contributed by atoms with Crippen LogP contribution in [0.4, 0.5) is 0 Å². The van der Waals surface area contributed by atoms with Crippen LogP contribution in [0, 0.1) is 12.3 Å². The van der Waals surface area contributed by atoms with Crippen LogP contribution in [-0.4, -0.2) is 16.8 Å². The predicted octanol–water partition coefficient (Wildman–Crippen LogP) is 3.14. The van der Waals surface area contributed by atoms with Crippen LogP contribution in [0.5, 0.6) is 0 Å². The minimum atomic E-state index is 0.295. The number of rotatable bonds is 6. The van der Waals surface area contributed by atoms with Crippen molar-refractivity contribution in [2.24, 2.45) is 16.3 Å². The fraction of sp³-hybridized carbons (Fsp3) is 0.500. The Balaban J connectivity index is 1.81. The highest BCUT2D eigenvalue weighted by atomic mass is 32.2. The molecule has 0 radical (unpaired) electrons. The van der Waals surface area contributed by atoms with Gasteiger partial charge in [0.15, 0.2) is 0 Å². The van der Waals surface area contributed by atoms with Crippen molar-refractivity contribution in [3.8, 4) is 0 Å². The van der Waals surface area contributed by atoms with Gasteiger partial charge in [-0.05, 0) is 42.1 Å². The molecule has 0 aliphatic heterocycles. The normalized spacial score (nSPS) is 17.7. The molecule has 1 saturated carbocycles. The number of amidine groups is 1. The third-order valence-electron chi connectivity index (χ3n) is 3.57. The van der Waals surface area contributed by atoms with Gasteiger partial charge in [0, 0.05) is 12.2 Å². The first-order chi connectivity index (χ1) is 8.65. The predicted molar refractivity (Wildman–Crippen MR) is 77.0 cm³/mol. The fourth-order valence-corrected chi connectivity index (χ4v) is 3.59. The van der Waals surface area contributed by atoms with Gasteiger partial charge >= 0.3 is 0 Å². The van der Waals surface area contributed by atoms with Gasteiger partial charge in [0.2, 0.25) is 0 Å². The van der Waals surface area contributed by atoms with Crippen LogP contribution in [0.1, 0.15) is 30.4 Å². The van der Waals surface area contributed by atoms with Crippen molar-refractivity contribution in [2.45, 2.75) is 31.9 Å². The van der Waals surface area contributed by atoms with E-state index in [1.54, 1.807) is 0 Å². The summed E-state index contributed by atoms with van der Waals surface area (Å²) in [4.78, 5) is 0. The van der Waals surface area contributed by atoms with E-state index in [0.29, 0.717) is 11.3 Å². The topological polar surface area (TPSA) is 58.6 Å². The number of benzene rings is 1.